The Balaban J connectivity index is 1.48. The van der Waals surface area contributed by atoms with Gasteiger partial charge in [-0.05, 0) is 61.0 Å². The van der Waals surface area contributed by atoms with Gasteiger partial charge in [-0.25, -0.2) is 4.98 Å². The smallest absolute Gasteiger partial charge is 0.255 e. The Morgan fingerprint density at radius 1 is 1.15 bits per heavy atom. The van der Waals surface area contributed by atoms with E-state index in [1.165, 1.54) is 6.42 Å². The van der Waals surface area contributed by atoms with E-state index in [-0.39, 0.29) is 12.0 Å². The number of hydrogen-bond acceptors (Lipinski definition) is 4. The third-order valence-electron chi connectivity index (χ3n) is 4.70. The zero-order valence-electron chi connectivity index (χ0n) is 15.1. The number of aromatic nitrogens is 1. The minimum Gasteiger partial charge on any atom is -0.474 e. The second-order valence-corrected chi connectivity index (χ2v) is 6.67. The van der Waals surface area contributed by atoms with Gasteiger partial charge in [0.1, 0.15) is 6.61 Å². The molecular weight excluding hydrogens is 340 g/mol. The summed E-state index contributed by atoms with van der Waals surface area (Å²) in [5, 5.41) is 4.82. The van der Waals surface area contributed by atoms with Crippen LogP contribution in [-0.4, -0.2) is 30.2 Å². The molecule has 1 saturated heterocycles. The summed E-state index contributed by atoms with van der Waals surface area (Å²) < 4.78 is 11.6. The third-order valence-corrected chi connectivity index (χ3v) is 4.70. The summed E-state index contributed by atoms with van der Waals surface area (Å²) in [6.07, 6.45) is 5.20. The Bertz CT molecular complexity index is 921. The molecule has 5 nitrogen and oxygen atoms in total. The normalized spacial score (nSPS) is 16.8. The first kappa shape index (κ1) is 17.5. The van der Waals surface area contributed by atoms with Gasteiger partial charge in [-0.1, -0.05) is 18.2 Å². The fraction of sp³-hybridized carbons (Fsp3) is 0.273. The number of carbonyl (C=O) groups is 1. The standard InChI is InChI=1S/C22H22N2O3/c25-21(16-6-2-1-3-7-16)24-18-9-10-20-17(14-18)11-12-23-22(20)27-15-19-8-4-5-13-26-19/h1-3,6-7,9-12,14,19H,4-5,8,13,15H2,(H,24,25). The maximum absolute atomic E-state index is 12.3. The second-order valence-electron chi connectivity index (χ2n) is 6.67. The molecule has 1 aliphatic heterocycles. The van der Waals surface area contributed by atoms with E-state index in [9.17, 15) is 4.79 Å². The molecule has 1 unspecified atom stereocenters. The van der Waals surface area contributed by atoms with Gasteiger partial charge in [0.2, 0.25) is 5.88 Å². The predicted octanol–water partition coefficient (Wildman–Crippen LogP) is 4.44. The highest BCUT2D eigenvalue weighted by Gasteiger charge is 2.15. The molecule has 2 aromatic carbocycles. The molecule has 0 bridgehead atoms. The summed E-state index contributed by atoms with van der Waals surface area (Å²) >= 11 is 0. The molecule has 0 radical (unpaired) electrons. The number of hydrogen-bond donors (Lipinski definition) is 1. The predicted molar refractivity (Wildman–Crippen MR) is 105 cm³/mol. The molecule has 1 aromatic heterocycles. The Morgan fingerprint density at radius 2 is 2.04 bits per heavy atom. The van der Waals surface area contributed by atoms with Crippen molar-refractivity contribution in [2.24, 2.45) is 0 Å². The molecule has 5 heteroatoms. The number of nitrogens with zero attached hydrogens (tertiary/aromatic N) is 1. The molecule has 3 aromatic rings. The molecule has 0 saturated carbocycles. The van der Waals surface area contributed by atoms with Crippen LogP contribution >= 0.6 is 0 Å². The molecule has 0 aliphatic carbocycles. The van der Waals surface area contributed by atoms with Crippen LogP contribution in [0.25, 0.3) is 10.8 Å². The van der Waals surface area contributed by atoms with Crippen molar-refractivity contribution in [2.75, 3.05) is 18.5 Å². The number of carbonyl (C=O) groups excluding carboxylic acids is 1. The zero-order chi connectivity index (χ0) is 18.5. The summed E-state index contributed by atoms with van der Waals surface area (Å²) in [6, 6.07) is 16.8. The lowest BCUT2D eigenvalue weighted by Crippen LogP contribution is -2.26. The topological polar surface area (TPSA) is 60.5 Å². The Labute approximate surface area is 158 Å². The van der Waals surface area contributed by atoms with Crippen LogP contribution in [0.4, 0.5) is 5.69 Å². The molecule has 2 heterocycles. The molecule has 138 valence electrons. The van der Waals surface area contributed by atoms with Crippen LogP contribution in [0.1, 0.15) is 29.6 Å². The molecule has 1 amide bonds. The number of pyridine rings is 1. The van der Waals surface area contributed by atoms with Gasteiger partial charge in [-0.2, -0.15) is 0 Å². The summed E-state index contributed by atoms with van der Waals surface area (Å²) in [4.78, 5) is 16.7. The van der Waals surface area contributed by atoms with E-state index >= 15 is 0 Å². The summed E-state index contributed by atoms with van der Waals surface area (Å²) in [5.41, 5.74) is 1.37. The van der Waals surface area contributed by atoms with Crippen molar-refractivity contribution >= 4 is 22.4 Å². The van der Waals surface area contributed by atoms with Crippen molar-refractivity contribution in [2.45, 2.75) is 25.4 Å². The number of anilines is 1. The first-order valence-electron chi connectivity index (χ1n) is 9.29. The quantitative estimate of drug-likeness (QED) is 0.729. The van der Waals surface area contributed by atoms with Crippen LogP contribution < -0.4 is 10.1 Å². The summed E-state index contributed by atoms with van der Waals surface area (Å²) in [5.74, 6) is 0.470. The molecule has 1 atom stereocenters. The average Bonchev–Trinajstić information content (AvgIpc) is 2.73. The largest absolute Gasteiger partial charge is 0.474 e. The monoisotopic (exact) mass is 362 g/mol. The molecular formula is C22H22N2O3. The molecule has 0 spiro atoms. The van der Waals surface area contributed by atoms with E-state index in [1.807, 2.05) is 42.5 Å². The highest BCUT2D eigenvalue weighted by Crippen LogP contribution is 2.27. The van der Waals surface area contributed by atoms with Crippen molar-refractivity contribution in [3.05, 3.63) is 66.4 Å². The lowest BCUT2D eigenvalue weighted by Gasteiger charge is -2.22. The number of amides is 1. The fourth-order valence-electron chi connectivity index (χ4n) is 3.25. The average molecular weight is 362 g/mol. The van der Waals surface area contributed by atoms with Gasteiger partial charge in [-0.3, -0.25) is 4.79 Å². The highest BCUT2D eigenvalue weighted by molar-refractivity contribution is 6.05. The molecule has 27 heavy (non-hydrogen) atoms. The van der Waals surface area contributed by atoms with Crippen molar-refractivity contribution in [3.8, 4) is 5.88 Å². The Kier molecular flexibility index (Phi) is 5.30. The number of fused-ring (bicyclic) bond motifs is 1. The van der Waals surface area contributed by atoms with Gasteiger partial charge >= 0.3 is 0 Å². The van der Waals surface area contributed by atoms with Crippen LogP contribution in [0.15, 0.2) is 60.8 Å². The second kappa shape index (κ2) is 8.18. The Hall–Kier alpha value is -2.92. The Morgan fingerprint density at radius 3 is 2.85 bits per heavy atom. The summed E-state index contributed by atoms with van der Waals surface area (Å²) in [6.45, 7) is 1.32. The van der Waals surface area contributed by atoms with Gasteiger partial charge in [0, 0.05) is 29.4 Å². The zero-order valence-corrected chi connectivity index (χ0v) is 15.1. The molecule has 1 fully saturated rings. The van der Waals surface area contributed by atoms with E-state index in [0.717, 1.165) is 35.9 Å². The van der Waals surface area contributed by atoms with Gasteiger partial charge in [0.25, 0.3) is 5.91 Å². The van der Waals surface area contributed by atoms with Crippen LogP contribution in [-0.2, 0) is 4.74 Å². The highest BCUT2D eigenvalue weighted by atomic mass is 16.5. The van der Waals surface area contributed by atoms with Crippen molar-refractivity contribution in [1.29, 1.82) is 0 Å². The summed E-state index contributed by atoms with van der Waals surface area (Å²) in [7, 11) is 0. The number of nitrogens with one attached hydrogen (secondary N) is 1. The molecule has 1 N–H and O–H groups in total. The SMILES string of the molecule is O=C(Nc1ccc2c(OCC3CCCCO3)nccc2c1)c1ccccc1. The lowest BCUT2D eigenvalue weighted by atomic mass is 10.1. The molecule has 1 aliphatic rings. The van der Waals surface area contributed by atoms with E-state index in [2.05, 4.69) is 10.3 Å². The number of rotatable bonds is 5. The third kappa shape index (κ3) is 4.26. The van der Waals surface area contributed by atoms with Crippen LogP contribution in [0.2, 0.25) is 0 Å². The number of ether oxygens (including phenoxy) is 2. The minimum absolute atomic E-state index is 0.130. The molecule has 4 rings (SSSR count). The fourth-order valence-corrected chi connectivity index (χ4v) is 3.25. The van der Waals surface area contributed by atoms with Crippen LogP contribution in [0.3, 0.4) is 0 Å². The van der Waals surface area contributed by atoms with Gasteiger partial charge in [0.15, 0.2) is 0 Å². The maximum Gasteiger partial charge on any atom is 0.255 e. The van der Waals surface area contributed by atoms with Gasteiger partial charge < -0.3 is 14.8 Å². The van der Waals surface area contributed by atoms with Crippen LogP contribution in [0.5, 0.6) is 5.88 Å². The lowest BCUT2D eigenvalue weighted by molar-refractivity contribution is -0.0116. The number of benzene rings is 2. The van der Waals surface area contributed by atoms with Gasteiger partial charge in [-0.15, -0.1) is 0 Å². The van der Waals surface area contributed by atoms with Crippen molar-refractivity contribution in [3.63, 3.8) is 0 Å². The van der Waals surface area contributed by atoms with E-state index in [0.29, 0.717) is 18.1 Å². The van der Waals surface area contributed by atoms with Crippen molar-refractivity contribution in [1.82, 2.24) is 4.98 Å². The minimum atomic E-state index is -0.130. The first-order chi connectivity index (χ1) is 13.3. The van der Waals surface area contributed by atoms with E-state index in [4.69, 9.17) is 9.47 Å². The van der Waals surface area contributed by atoms with Crippen LogP contribution in [0, 0.1) is 0 Å². The first-order valence-corrected chi connectivity index (χ1v) is 9.29. The van der Waals surface area contributed by atoms with E-state index in [1.54, 1.807) is 18.3 Å². The van der Waals surface area contributed by atoms with Gasteiger partial charge in [0.05, 0.1) is 6.10 Å². The van der Waals surface area contributed by atoms with E-state index < -0.39 is 0 Å². The van der Waals surface area contributed by atoms with Crippen molar-refractivity contribution < 1.29 is 14.3 Å². The maximum atomic E-state index is 12.3.